The third kappa shape index (κ3) is 1.43. The minimum Gasteiger partial charge on any atom is -0.494 e. The van der Waals surface area contributed by atoms with Gasteiger partial charge in [0.15, 0.2) is 5.43 Å². The van der Waals surface area contributed by atoms with Crippen LogP contribution in [0.15, 0.2) is 29.1 Å². The summed E-state index contributed by atoms with van der Waals surface area (Å²) in [6.45, 7) is 4.44. The van der Waals surface area contributed by atoms with Gasteiger partial charge in [-0.3, -0.25) is 4.79 Å². The van der Waals surface area contributed by atoms with Crippen molar-refractivity contribution in [3.8, 4) is 16.9 Å². The highest BCUT2D eigenvalue weighted by molar-refractivity contribution is 5.76. The fourth-order valence-corrected chi connectivity index (χ4v) is 1.51. The van der Waals surface area contributed by atoms with Crippen LogP contribution in [-0.4, -0.2) is 6.61 Å². The Morgan fingerprint density at radius 2 is 2.07 bits per heavy atom. The molecule has 0 amide bonds. The van der Waals surface area contributed by atoms with Gasteiger partial charge in [0.2, 0.25) is 0 Å². The van der Waals surface area contributed by atoms with Gasteiger partial charge in [-0.1, -0.05) is 12.1 Å². The second kappa shape index (κ2) is 3.29. The van der Waals surface area contributed by atoms with Gasteiger partial charge in [-0.25, -0.2) is 0 Å². The Morgan fingerprint density at radius 1 is 1.36 bits per heavy atom. The zero-order chi connectivity index (χ0) is 10.1. The van der Waals surface area contributed by atoms with E-state index in [1.807, 2.05) is 38.1 Å². The Bertz CT molecular complexity index is 462. The van der Waals surface area contributed by atoms with Crippen molar-refractivity contribution in [3.05, 3.63) is 40.1 Å². The molecule has 2 rings (SSSR count). The summed E-state index contributed by atoms with van der Waals surface area (Å²) in [5, 5.41) is 0. The van der Waals surface area contributed by atoms with Crippen molar-refractivity contribution in [2.45, 2.75) is 13.8 Å². The molecule has 0 aliphatic rings. The molecule has 0 radical (unpaired) electrons. The lowest BCUT2D eigenvalue weighted by Crippen LogP contribution is -1.90. The molecular formula is C12H12O2. The molecule has 0 spiro atoms. The molecule has 0 heterocycles. The van der Waals surface area contributed by atoms with Crippen molar-refractivity contribution < 1.29 is 4.74 Å². The summed E-state index contributed by atoms with van der Waals surface area (Å²) in [5.41, 5.74) is 2.88. The highest BCUT2D eigenvalue weighted by atomic mass is 16.5. The lowest BCUT2D eigenvalue weighted by Gasteiger charge is -2.02. The van der Waals surface area contributed by atoms with Gasteiger partial charge in [-0.2, -0.15) is 0 Å². The molecule has 0 aliphatic carbocycles. The average Bonchev–Trinajstić information content (AvgIpc) is 2.76. The van der Waals surface area contributed by atoms with E-state index < -0.39 is 0 Å². The van der Waals surface area contributed by atoms with Crippen LogP contribution < -0.4 is 10.2 Å². The first kappa shape index (κ1) is 9.00. The summed E-state index contributed by atoms with van der Waals surface area (Å²) in [6, 6.07) is 7.65. The van der Waals surface area contributed by atoms with E-state index in [9.17, 15) is 4.79 Å². The first-order valence-corrected chi connectivity index (χ1v) is 4.73. The molecule has 0 aromatic heterocycles. The van der Waals surface area contributed by atoms with Crippen molar-refractivity contribution in [1.29, 1.82) is 0 Å². The molecule has 2 aromatic rings. The van der Waals surface area contributed by atoms with Crippen LogP contribution in [0.4, 0.5) is 0 Å². The van der Waals surface area contributed by atoms with Gasteiger partial charge in [-0.15, -0.1) is 0 Å². The summed E-state index contributed by atoms with van der Waals surface area (Å²) in [5.74, 6) is 0.824. The molecule has 72 valence electrons. The Balaban J connectivity index is 2.32. The highest BCUT2D eigenvalue weighted by Gasteiger charge is 2.18. The van der Waals surface area contributed by atoms with E-state index >= 15 is 0 Å². The van der Waals surface area contributed by atoms with Gasteiger partial charge >= 0.3 is 0 Å². The normalized spacial score (nSPS) is 10.7. The first-order valence-electron chi connectivity index (χ1n) is 4.73. The molecule has 14 heavy (non-hydrogen) atoms. The van der Waals surface area contributed by atoms with Gasteiger partial charge < -0.3 is 4.74 Å². The van der Waals surface area contributed by atoms with Crippen molar-refractivity contribution >= 4 is 0 Å². The number of benzene rings is 1. The summed E-state index contributed by atoms with van der Waals surface area (Å²) >= 11 is 0. The van der Waals surface area contributed by atoms with Crippen molar-refractivity contribution in [2.75, 3.05) is 6.61 Å². The molecule has 2 heteroatoms. The molecule has 0 aliphatic heterocycles. The molecular weight excluding hydrogens is 176 g/mol. The largest absolute Gasteiger partial charge is 0.494 e. The molecule has 0 atom stereocenters. The van der Waals surface area contributed by atoms with E-state index in [1.54, 1.807) is 0 Å². The fraction of sp³-hybridized carbons (Fsp3) is 0.250. The van der Waals surface area contributed by atoms with Gasteiger partial charge in [0.25, 0.3) is 0 Å². The van der Waals surface area contributed by atoms with Crippen LogP contribution in [0.2, 0.25) is 0 Å². The SMILES string of the molecule is CCOc1cccc(-c2c(C)c2=O)c1. The van der Waals surface area contributed by atoms with E-state index in [-0.39, 0.29) is 5.43 Å². The van der Waals surface area contributed by atoms with Gasteiger partial charge in [0, 0.05) is 11.1 Å². The van der Waals surface area contributed by atoms with Crippen LogP contribution in [0.5, 0.6) is 5.75 Å². The summed E-state index contributed by atoms with van der Waals surface area (Å²) in [4.78, 5) is 11.2. The van der Waals surface area contributed by atoms with E-state index in [0.717, 1.165) is 22.4 Å². The highest BCUT2D eigenvalue weighted by Crippen LogP contribution is 2.27. The maximum atomic E-state index is 11.2. The van der Waals surface area contributed by atoms with E-state index in [4.69, 9.17) is 4.74 Å². The first-order chi connectivity index (χ1) is 6.74. The van der Waals surface area contributed by atoms with Crippen molar-refractivity contribution in [2.24, 2.45) is 0 Å². The van der Waals surface area contributed by atoms with E-state index in [2.05, 4.69) is 0 Å². The van der Waals surface area contributed by atoms with E-state index in [0.29, 0.717) is 6.61 Å². The summed E-state index contributed by atoms with van der Waals surface area (Å²) in [7, 11) is 0. The standard InChI is InChI=1S/C12H12O2/c1-3-14-10-6-4-5-9(7-10)11-8(2)12(11)13/h4-7H,3H2,1-2H3. The Labute approximate surface area is 82.8 Å². The minimum atomic E-state index is 0.179. The Kier molecular flexibility index (Phi) is 2.12. The third-order valence-electron chi connectivity index (χ3n) is 2.31. The average molecular weight is 188 g/mol. The molecule has 0 fully saturated rings. The quantitative estimate of drug-likeness (QED) is 0.738. The number of ether oxygens (including phenoxy) is 1. The fourth-order valence-electron chi connectivity index (χ4n) is 1.51. The van der Waals surface area contributed by atoms with Gasteiger partial charge in [0.1, 0.15) is 5.75 Å². The van der Waals surface area contributed by atoms with Crippen LogP contribution in [0, 0.1) is 6.92 Å². The number of rotatable bonds is 3. The molecule has 0 N–H and O–H groups in total. The second-order valence-electron chi connectivity index (χ2n) is 3.29. The van der Waals surface area contributed by atoms with Crippen LogP contribution in [0.25, 0.3) is 11.1 Å². The minimum absolute atomic E-state index is 0.179. The molecule has 0 saturated carbocycles. The molecule has 0 unspecified atom stereocenters. The molecule has 2 aromatic carbocycles. The van der Waals surface area contributed by atoms with Crippen molar-refractivity contribution in [1.82, 2.24) is 0 Å². The monoisotopic (exact) mass is 188 g/mol. The maximum Gasteiger partial charge on any atom is 0.190 e. The predicted octanol–water partition coefficient (Wildman–Crippen LogP) is 2.30. The molecule has 0 bridgehead atoms. The van der Waals surface area contributed by atoms with E-state index in [1.165, 1.54) is 0 Å². The lowest BCUT2D eigenvalue weighted by atomic mass is 10.1. The van der Waals surface area contributed by atoms with Crippen LogP contribution >= 0.6 is 0 Å². The lowest BCUT2D eigenvalue weighted by molar-refractivity contribution is 0.340. The smallest absolute Gasteiger partial charge is 0.190 e. The third-order valence-corrected chi connectivity index (χ3v) is 2.31. The topological polar surface area (TPSA) is 26.3 Å². The Morgan fingerprint density at radius 3 is 2.64 bits per heavy atom. The van der Waals surface area contributed by atoms with Crippen LogP contribution in [0.3, 0.4) is 0 Å². The number of hydrogen-bond acceptors (Lipinski definition) is 2. The van der Waals surface area contributed by atoms with Gasteiger partial charge in [-0.05, 0) is 31.5 Å². The summed E-state index contributed by atoms with van der Waals surface area (Å²) < 4.78 is 5.36. The molecule has 2 nitrogen and oxygen atoms in total. The Hall–Kier alpha value is -1.57. The van der Waals surface area contributed by atoms with Gasteiger partial charge in [0.05, 0.1) is 6.61 Å². The van der Waals surface area contributed by atoms with Crippen LogP contribution in [-0.2, 0) is 0 Å². The summed E-state index contributed by atoms with van der Waals surface area (Å²) in [6.07, 6.45) is 0. The van der Waals surface area contributed by atoms with Crippen molar-refractivity contribution in [3.63, 3.8) is 0 Å². The molecule has 0 saturated heterocycles. The van der Waals surface area contributed by atoms with Crippen LogP contribution in [0.1, 0.15) is 12.5 Å². The zero-order valence-electron chi connectivity index (χ0n) is 8.33. The number of hydrogen-bond donors (Lipinski definition) is 0. The predicted molar refractivity (Wildman–Crippen MR) is 56.4 cm³/mol. The zero-order valence-corrected chi connectivity index (χ0v) is 8.33. The maximum absolute atomic E-state index is 11.2. The second-order valence-corrected chi connectivity index (χ2v) is 3.29.